The van der Waals surface area contributed by atoms with Crippen molar-refractivity contribution < 1.29 is 81.5 Å². The van der Waals surface area contributed by atoms with Crippen LogP contribution in [0.3, 0.4) is 0 Å². The van der Waals surface area contributed by atoms with Crippen molar-refractivity contribution >= 4 is 147 Å². The number of aromatic hydroxyl groups is 2. The van der Waals surface area contributed by atoms with Gasteiger partial charge in [0.15, 0.2) is 17.1 Å². The van der Waals surface area contributed by atoms with Crippen molar-refractivity contribution in [3.05, 3.63) is 88.4 Å². The van der Waals surface area contributed by atoms with Crippen molar-refractivity contribution in [1.29, 1.82) is 5.26 Å². The molecule has 8 rings (SSSR count). The van der Waals surface area contributed by atoms with E-state index in [2.05, 4.69) is 50.0 Å². The summed E-state index contributed by atoms with van der Waals surface area (Å²) >= 11 is 7.15. The summed E-state index contributed by atoms with van der Waals surface area (Å²) in [4.78, 5) is 6.87. The number of hydrogen-bond acceptors (Lipinski definition) is 25. The van der Waals surface area contributed by atoms with Gasteiger partial charge in [0, 0.05) is 27.4 Å². The highest BCUT2D eigenvalue weighted by Gasteiger charge is 2.27. The zero-order valence-corrected chi connectivity index (χ0v) is 44.0. The molecule has 0 saturated heterocycles. The number of imidazole rings is 1. The van der Waals surface area contributed by atoms with Crippen LogP contribution in [0.15, 0.2) is 112 Å². The number of ether oxygens (including phenoxy) is 1. The Balaban J connectivity index is 0.00000160. The number of phenols is 1. The second-order valence-electron chi connectivity index (χ2n) is 15.5. The van der Waals surface area contributed by atoms with Gasteiger partial charge in [0.2, 0.25) is 11.0 Å². The number of aryl methyl sites for hydroxylation is 1. The molecule has 5 aromatic carbocycles. The molecule has 0 aliphatic heterocycles. The molecule has 0 saturated carbocycles. The number of halogens is 1. The number of thiazole rings is 1. The molecule has 0 fully saturated rings. The first kappa shape index (κ1) is 56.8. The van der Waals surface area contributed by atoms with Crippen LogP contribution in [0, 0.1) is 25.2 Å². The van der Waals surface area contributed by atoms with Gasteiger partial charge in [-0.25, -0.2) is 15.2 Å². The number of rotatable bonds is 16. The minimum atomic E-state index is -5.26. The number of nitriles is 1. The highest BCUT2D eigenvalue weighted by atomic mass is 35.5. The molecule has 0 radical (unpaired) electrons. The van der Waals surface area contributed by atoms with Crippen LogP contribution in [-0.2, 0) is 49.8 Å². The van der Waals surface area contributed by atoms with Gasteiger partial charge >= 0.3 is 0 Å². The Labute approximate surface area is 441 Å². The van der Waals surface area contributed by atoms with Gasteiger partial charge in [-0.15, -0.1) is 35.0 Å². The minimum absolute atomic E-state index is 0.00534. The van der Waals surface area contributed by atoms with E-state index >= 15 is 0 Å². The number of phenolic OH excluding ortho intramolecular Hbond substituents is 1. The predicted molar refractivity (Wildman–Crippen MR) is 272 cm³/mol. The molecule has 3 aromatic heterocycles. The van der Waals surface area contributed by atoms with Crippen molar-refractivity contribution in [3.63, 3.8) is 0 Å². The molecule has 0 spiro atoms. The maximum Gasteiger partial charge on any atom is 0.297 e. The monoisotopic (exact) mass is 1180 g/mol. The molecule has 3 heterocycles. The van der Waals surface area contributed by atoms with Crippen molar-refractivity contribution in [1.82, 2.24) is 14.4 Å². The molecule has 0 unspecified atom stereocenters. The van der Waals surface area contributed by atoms with E-state index in [0.717, 1.165) is 29.5 Å². The summed E-state index contributed by atoms with van der Waals surface area (Å²) in [5.41, 5.74) is 0.264. The zero-order valence-electron chi connectivity index (χ0n) is 38.4. The zero-order chi connectivity index (χ0) is 55.7. The standard InChI is InChI=1S/C40H29ClN10O15S5.CH4O3S/c1-18-12-27(29(64-10-5-11-69(55,56)57)16-26(18)46-50-40-44-34-30(67-40)13-20(41)14-32(34)70(58,59)60)47-49-35-31(68-66-65-54)15-22-21(36(35)52)8-9-25(37(22)71(61,62)63)45-48-33-19(2)23(17-42)38-43-24-6-3-4-7-28(24)51(38)39(33)53;1-5(2,3)4/h3-4,6-9,12-16,52-54H,5,10-11H2,1-2H3,(H,55,56,57)(H,58,59,60)(H,61,62,63);1H3,(H,2,3,4). The van der Waals surface area contributed by atoms with Gasteiger partial charge in [0.05, 0.1) is 57.0 Å². The first-order valence-electron chi connectivity index (χ1n) is 20.5. The molecule has 398 valence electrons. The van der Waals surface area contributed by atoms with Gasteiger partial charge in [-0.1, -0.05) is 40.1 Å². The molecule has 0 amide bonds. The molecule has 0 bridgehead atoms. The van der Waals surface area contributed by atoms with E-state index in [1.54, 1.807) is 31.2 Å². The molecular formula is C41H33ClN10O18S6. The number of nitrogens with zero attached hydrogens (tertiary/aromatic N) is 10. The van der Waals surface area contributed by atoms with Crippen LogP contribution in [0.5, 0.6) is 17.4 Å². The molecule has 0 atom stereocenters. The minimum Gasteiger partial charge on any atom is -0.505 e. The highest BCUT2D eigenvalue weighted by Crippen LogP contribution is 2.49. The summed E-state index contributed by atoms with van der Waals surface area (Å²) in [5, 5.41) is 70.1. The van der Waals surface area contributed by atoms with Crippen molar-refractivity contribution in [2.75, 3.05) is 18.6 Å². The maximum atomic E-state index is 13.1. The number of pyridine rings is 1. The van der Waals surface area contributed by atoms with E-state index in [4.69, 9.17) is 26.1 Å². The number of para-hydroxylation sites is 2. The van der Waals surface area contributed by atoms with Gasteiger partial charge in [0.1, 0.15) is 49.8 Å². The van der Waals surface area contributed by atoms with Gasteiger partial charge in [-0.05, 0) is 74.4 Å². The largest absolute Gasteiger partial charge is 0.505 e. The van der Waals surface area contributed by atoms with Crippen molar-refractivity contribution in [2.24, 2.45) is 30.7 Å². The van der Waals surface area contributed by atoms with Crippen LogP contribution in [0.1, 0.15) is 23.1 Å². The van der Waals surface area contributed by atoms with Gasteiger partial charge in [0.25, 0.3) is 40.5 Å². The number of aromatic nitrogens is 3. The highest BCUT2D eigenvalue weighted by molar-refractivity contribution is 7.94. The second kappa shape index (κ2) is 22.3. The lowest BCUT2D eigenvalue weighted by molar-refractivity contribution is -0.432. The summed E-state index contributed by atoms with van der Waals surface area (Å²) in [6.45, 7) is 2.72. The Morgan fingerprint density at radius 2 is 1.47 bits per heavy atom. The van der Waals surface area contributed by atoms with Gasteiger partial charge in [-0.3, -0.25) is 22.6 Å². The van der Waals surface area contributed by atoms with Crippen molar-refractivity contribution in [2.45, 2.75) is 35.0 Å². The lowest BCUT2D eigenvalue weighted by atomic mass is 10.1. The third-order valence-corrected chi connectivity index (χ3v) is 14.5. The van der Waals surface area contributed by atoms with E-state index in [0.29, 0.717) is 22.9 Å². The average Bonchev–Trinajstić information content (AvgIpc) is 3.92. The molecule has 7 N–H and O–H groups in total. The van der Waals surface area contributed by atoms with E-state index in [1.165, 1.54) is 35.6 Å². The molecule has 35 heteroatoms. The Hall–Kier alpha value is -6.95. The van der Waals surface area contributed by atoms with Crippen LogP contribution < -0.4 is 4.74 Å². The summed E-state index contributed by atoms with van der Waals surface area (Å²) in [6, 6.07) is 17.2. The molecule has 0 aliphatic carbocycles. The van der Waals surface area contributed by atoms with Crippen LogP contribution >= 0.6 is 35.0 Å². The van der Waals surface area contributed by atoms with Gasteiger partial charge in [-0.2, -0.15) is 38.9 Å². The molecule has 28 nitrogen and oxygen atoms in total. The summed E-state index contributed by atoms with van der Waals surface area (Å²) in [6.07, 6.45) is 0.513. The number of hydrogen-bond donors (Lipinski definition) is 7. The van der Waals surface area contributed by atoms with Crippen LogP contribution in [-0.4, -0.2) is 100 Å². The quantitative estimate of drug-likeness (QED) is 0.0118. The van der Waals surface area contributed by atoms with Gasteiger partial charge < -0.3 is 14.9 Å². The Morgan fingerprint density at radius 3 is 2.13 bits per heavy atom. The Bertz CT molecular complexity index is 4270. The number of benzene rings is 5. The summed E-state index contributed by atoms with van der Waals surface area (Å²) in [5.74, 6) is -2.04. The van der Waals surface area contributed by atoms with E-state index < -0.39 is 84.4 Å². The lowest BCUT2D eigenvalue weighted by Crippen LogP contribution is -2.08. The first-order chi connectivity index (χ1) is 35.6. The number of azo groups is 3. The van der Waals surface area contributed by atoms with Crippen LogP contribution in [0.4, 0.5) is 33.6 Å². The molecular weight excluding hydrogens is 1150 g/mol. The first-order valence-corrected chi connectivity index (χ1v) is 28.8. The topological polar surface area (TPSA) is 434 Å². The van der Waals surface area contributed by atoms with E-state index in [-0.39, 0.29) is 95.3 Å². The SMILES string of the molecule is CS(=O)(=O)O.Cc1cc(N=Nc2c(SOOO)cc3c(S(=O)(=O)O)c(N=Nc4c(C)c(C#N)c5nc6ccccc6n5c4O)ccc3c2O)c(OCCCS(=O)(=O)O)cc1N=Nc1nc2c(S(=O)(=O)O)cc(Cl)cc2s1. The van der Waals surface area contributed by atoms with Crippen LogP contribution in [0.25, 0.3) is 37.7 Å². The van der Waals surface area contributed by atoms with Crippen LogP contribution in [0.2, 0.25) is 5.02 Å². The summed E-state index contributed by atoms with van der Waals surface area (Å²) < 4.78 is 140. The lowest BCUT2D eigenvalue weighted by Gasteiger charge is -2.13. The molecule has 0 aliphatic rings. The molecule has 8 aromatic rings. The fraction of sp³-hybridized carbons (Fsp3) is 0.146. The number of fused-ring (bicyclic) bond motifs is 5. The van der Waals surface area contributed by atoms with E-state index in [9.17, 15) is 62.8 Å². The Kier molecular flexibility index (Phi) is 16.7. The second-order valence-corrected chi connectivity index (χ2v) is 23.4. The van der Waals surface area contributed by atoms with Crippen molar-refractivity contribution in [3.8, 4) is 23.4 Å². The van der Waals surface area contributed by atoms with E-state index in [1.807, 2.05) is 6.07 Å². The fourth-order valence-electron chi connectivity index (χ4n) is 7.05. The smallest absolute Gasteiger partial charge is 0.297 e. The third-order valence-electron chi connectivity index (χ3n) is 10.2. The molecule has 76 heavy (non-hydrogen) atoms. The predicted octanol–water partition coefficient (Wildman–Crippen LogP) is 10.1. The third kappa shape index (κ3) is 13.0. The fourth-order valence-corrected chi connectivity index (χ4v) is 10.8. The Morgan fingerprint density at radius 1 is 0.803 bits per heavy atom. The summed E-state index contributed by atoms with van der Waals surface area (Å²) in [7, 11) is -18.0. The maximum absolute atomic E-state index is 13.1. The average molecular weight is 1180 g/mol. The normalized spacial score (nSPS) is 12.7.